The van der Waals surface area contributed by atoms with Gasteiger partial charge < -0.3 is 5.32 Å². The lowest BCUT2D eigenvalue weighted by atomic mass is 10.2. The van der Waals surface area contributed by atoms with Crippen LogP contribution in [0.2, 0.25) is 5.02 Å². The number of anilines is 2. The highest BCUT2D eigenvalue weighted by molar-refractivity contribution is 8.27. The molecule has 2 aromatic carbocycles. The van der Waals surface area contributed by atoms with E-state index in [1.807, 2.05) is 0 Å². The van der Waals surface area contributed by atoms with Gasteiger partial charge in [0.15, 0.2) is 4.32 Å². The Bertz CT molecular complexity index is 924. The summed E-state index contributed by atoms with van der Waals surface area (Å²) in [7, 11) is 0. The third-order valence-electron chi connectivity index (χ3n) is 3.51. The molecule has 2 aromatic rings. The number of halogens is 2. The quantitative estimate of drug-likeness (QED) is 0.585. The first-order valence-corrected chi connectivity index (χ1v) is 9.06. The first-order chi connectivity index (χ1) is 12.4. The molecule has 0 saturated carbocycles. The van der Waals surface area contributed by atoms with Gasteiger partial charge in [-0.2, -0.15) is 0 Å². The van der Waals surface area contributed by atoms with Gasteiger partial charge in [-0.1, -0.05) is 41.6 Å². The summed E-state index contributed by atoms with van der Waals surface area (Å²) >= 11 is 12.4. The lowest BCUT2D eigenvalue weighted by Crippen LogP contribution is -2.27. The standard InChI is InChI=1S/C18H12ClFN2O2S2/c1-10(23)21-11-5-7-12(8-6-11)22-17(24)16(26-18(22)25)9-13-14(19)3-2-4-15(13)20/h2-9H,1H3,(H,21,23)/b16-9-. The smallest absolute Gasteiger partial charge is 0.270 e. The SMILES string of the molecule is CC(=O)Nc1ccc(N2C(=O)/C(=C/c3c(F)cccc3Cl)SC2=S)cc1. The van der Waals surface area contributed by atoms with Crippen molar-refractivity contribution < 1.29 is 14.0 Å². The van der Waals surface area contributed by atoms with Crippen molar-refractivity contribution >= 4 is 69.2 Å². The van der Waals surface area contributed by atoms with Gasteiger partial charge in [-0.25, -0.2) is 4.39 Å². The molecular weight excluding hydrogens is 395 g/mol. The van der Waals surface area contributed by atoms with Crippen molar-refractivity contribution in [1.29, 1.82) is 0 Å². The second kappa shape index (κ2) is 7.57. The molecule has 0 atom stereocenters. The molecule has 1 fully saturated rings. The predicted octanol–water partition coefficient (Wildman–Crippen LogP) is 4.84. The van der Waals surface area contributed by atoms with E-state index in [4.69, 9.17) is 23.8 Å². The van der Waals surface area contributed by atoms with E-state index in [1.54, 1.807) is 30.3 Å². The highest BCUT2D eigenvalue weighted by atomic mass is 35.5. The van der Waals surface area contributed by atoms with Crippen molar-refractivity contribution in [1.82, 2.24) is 0 Å². The third-order valence-corrected chi connectivity index (χ3v) is 5.15. The Kier molecular flexibility index (Phi) is 5.41. The van der Waals surface area contributed by atoms with Gasteiger partial charge in [0.05, 0.1) is 15.6 Å². The Labute approximate surface area is 164 Å². The molecule has 132 valence electrons. The van der Waals surface area contributed by atoms with E-state index >= 15 is 0 Å². The number of nitrogens with one attached hydrogen (secondary N) is 1. The zero-order valence-corrected chi connectivity index (χ0v) is 15.8. The van der Waals surface area contributed by atoms with Gasteiger partial charge in [0, 0.05) is 18.2 Å². The van der Waals surface area contributed by atoms with Crippen LogP contribution in [-0.2, 0) is 9.59 Å². The highest BCUT2D eigenvalue weighted by Crippen LogP contribution is 2.37. The summed E-state index contributed by atoms with van der Waals surface area (Å²) in [5.74, 6) is -1.05. The van der Waals surface area contributed by atoms with E-state index in [0.29, 0.717) is 15.7 Å². The minimum atomic E-state index is -0.512. The minimum absolute atomic E-state index is 0.149. The molecule has 4 nitrogen and oxygen atoms in total. The number of hydrogen-bond donors (Lipinski definition) is 1. The number of thioether (sulfide) groups is 1. The van der Waals surface area contributed by atoms with E-state index < -0.39 is 5.82 Å². The number of carbonyl (C=O) groups excluding carboxylic acids is 2. The summed E-state index contributed by atoms with van der Waals surface area (Å²) in [5, 5.41) is 2.87. The molecule has 3 rings (SSSR count). The second-order valence-corrected chi connectivity index (χ2v) is 7.46. The van der Waals surface area contributed by atoms with Crippen LogP contribution in [-0.4, -0.2) is 16.1 Å². The van der Waals surface area contributed by atoms with Crippen LogP contribution in [0.25, 0.3) is 6.08 Å². The maximum atomic E-state index is 14.0. The van der Waals surface area contributed by atoms with Crippen molar-refractivity contribution in [2.24, 2.45) is 0 Å². The van der Waals surface area contributed by atoms with E-state index in [2.05, 4.69) is 5.32 Å². The molecule has 0 aromatic heterocycles. The van der Waals surface area contributed by atoms with Crippen LogP contribution in [0.3, 0.4) is 0 Å². The number of amides is 2. The van der Waals surface area contributed by atoms with Gasteiger partial charge in [-0.15, -0.1) is 0 Å². The summed E-state index contributed by atoms with van der Waals surface area (Å²) < 4.78 is 14.3. The first kappa shape index (κ1) is 18.6. The van der Waals surface area contributed by atoms with E-state index in [-0.39, 0.29) is 27.3 Å². The fourth-order valence-corrected chi connectivity index (χ4v) is 3.87. The van der Waals surface area contributed by atoms with Crippen molar-refractivity contribution in [3.63, 3.8) is 0 Å². The zero-order chi connectivity index (χ0) is 18.8. The Morgan fingerprint density at radius 1 is 1.27 bits per heavy atom. The van der Waals surface area contributed by atoms with Crippen LogP contribution in [0.4, 0.5) is 15.8 Å². The highest BCUT2D eigenvalue weighted by Gasteiger charge is 2.33. The molecule has 8 heteroatoms. The van der Waals surface area contributed by atoms with Gasteiger partial charge in [0.1, 0.15) is 5.82 Å². The second-order valence-electron chi connectivity index (χ2n) is 5.38. The summed E-state index contributed by atoms with van der Waals surface area (Å²) in [5.41, 5.74) is 1.32. The third kappa shape index (κ3) is 3.80. The topological polar surface area (TPSA) is 49.4 Å². The van der Waals surface area contributed by atoms with Crippen molar-refractivity contribution in [2.75, 3.05) is 10.2 Å². The Hall–Kier alpha value is -2.22. The molecule has 0 bridgehead atoms. The number of rotatable bonds is 3. The molecule has 1 heterocycles. The van der Waals surface area contributed by atoms with Gasteiger partial charge in [-0.05, 0) is 42.5 Å². The lowest BCUT2D eigenvalue weighted by Gasteiger charge is -2.15. The molecule has 0 aliphatic carbocycles. The molecule has 1 aliphatic heterocycles. The average molecular weight is 407 g/mol. The summed E-state index contributed by atoms with van der Waals surface area (Å²) in [6.45, 7) is 1.41. The van der Waals surface area contributed by atoms with Crippen molar-refractivity contribution in [3.8, 4) is 0 Å². The molecule has 1 N–H and O–H groups in total. The zero-order valence-electron chi connectivity index (χ0n) is 13.5. The van der Waals surface area contributed by atoms with Crippen LogP contribution >= 0.6 is 35.6 Å². The number of thiocarbonyl (C=S) groups is 1. The number of benzene rings is 2. The average Bonchev–Trinajstić information content (AvgIpc) is 2.85. The van der Waals surface area contributed by atoms with Crippen LogP contribution in [0.15, 0.2) is 47.4 Å². The Balaban J connectivity index is 1.90. The lowest BCUT2D eigenvalue weighted by molar-refractivity contribution is -0.114. The van der Waals surface area contributed by atoms with Crippen LogP contribution in [0.5, 0.6) is 0 Å². The van der Waals surface area contributed by atoms with Gasteiger partial charge in [0.25, 0.3) is 5.91 Å². The monoisotopic (exact) mass is 406 g/mol. The minimum Gasteiger partial charge on any atom is -0.326 e. The molecular formula is C18H12ClFN2O2S2. The fraction of sp³-hybridized carbons (Fsp3) is 0.0556. The molecule has 0 spiro atoms. The summed E-state index contributed by atoms with van der Waals surface area (Å²) in [6, 6.07) is 11.0. The maximum Gasteiger partial charge on any atom is 0.270 e. The Morgan fingerprint density at radius 3 is 2.58 bits per heavy atom. The molecule has 2 amide bonds. The number of hydrogen-bond acceptors (Lipinski definition) is 4. The van der Waals surface area contributed by atoms with Crippen LogP contribution in [0.1, 0.15) is 12.5 Å². The summed E-state index contributed by atoms with van der Waals surface area (Å²) in [6.07, 6.45) is 1.41. The molecule has 0 unspecified atom stereocenters. The number of nitrogens with zero attached hydrogens (tertiary/aromatic N) is 1. The van der Waals surface area contributed by atoms with Crippen LogP contribution in [0, 0.1) is 5.82 Å². The molecule has 0 radical (unpaired) electrons. The molecule has 26 heavy (non-hydrogen) atoms. The van der Waals surface area contributed by atoms with Crippen molar-refractivity contribution in [3.05, 3.63) is 63.8 Å². The Morgan fingerprint density at radius 2 is 1.96 bits per heavy atom. The van der Waals surface area contributed by atoms with E-state index in [9.17, 15) is 14.0 Å². The molecule has 1 saturated heterocycles. The van der Waals surface area contributed by atoms with Crippen molar-refractivity contribution in [2.45, 2.75) is 6.92 Å². The first-order valence-electron chi connectivity index (χ1n) is 7.46. The van der Waals surface area contributed by atoms with Gasteiger partial charge >= 0.3 is 0 Å². The van der Waals surface area contributed by atoms with E-state index in [0.717, 1.165) is 11.8 Å². The van der Waals surface area contributed by atoms with Crippen LogP contribution < -0.4 is 10.2 Å². The largest absolute Gasteiger partial charge is 0.326 e. The normalized spacial score (nSPS) is 15.7. The van der Waals surface area contributed by atoms with E-state index in [1.165, 1.54) is 30.0 Å². The summed E-state index contributed by atoms with van der Waals surface area (Å²) in [4.78, 5) is 25.4. The van der Waals surface area contributed by atoms with Gasteiger partial charge in [0.2, 0.25) is 5.91 Å². The number of carbonyl (C=O) groups is 2. The predicted molar refractivity (Wildman–Crippen MR) is 108 cm³/mol. The maximum absolute atomic E-state index is 14.0. The van der Waals surface area contributed by atoms with Gasteiger partial charge in [-0.3, -0.25) is 14.5 Å². The fourth-order valence-electron chi connectivity index (χ4n) is 2.37. The molecule has 1 aliphatic rings.